The van der Waals surface area contributed by atoms with Gasteiger partial charge in [0, 0.05) is 63.8 Å². The Bertz CT molecular complexity index is 4580. The highest BCUT2D eigenvalue weighted by Crippen LogP contribution is 2.75. The average molecular weight is 1030 g/mol. The van der Waals surface area contributed by atoms with Gasteiger partial charge in [-0.3, -0.25) is 0 Å². The van der Waals surface area contributed by atoms with Crippen molar-refractivity contribution in [3.63, 3.8) is 0 Å². The van der Waals surface area contributed by atoms with E-state index in [1.54, 1.807) is 0 Å². The summed E-state index contributed by atoms with van der Waals surface area (Å²) in [5.41, 5.74) is 20.6. The number of rotatable bonds is 9. The quantitative estimate of drug-likeness (QED) is 0.136. The SMILES string of the molecule is C1=CC23CC=Cc4c2n(c2ccc(-c5ccc6c(c5)c5ccccc5n6-c5ccccc5)cc42)-c2c(cc(S(c4ccccc4)(c4cccc(-c5ccccc5)c4)c4cccc(-c5ccccc5)c4)cc2-c2ccccc2)C3=C1. The van der Waals surface area contributed by atoms with E-state index in [-0.39, 0.29) is 5.41 Å². The molecule has 0 N–H and O–H groups in total. The molecule has 3 heteroatoms. The Balaban J connectivity index is 0.972. The van der Waals surface area contributed by atoms with Crippen LogP contribution in [-0.2, 0) is 5.41 Å². The maximum absolute atomic E-state index is 2.68. The number of allylic oxidation sites excluding steroid dienone is 5. The molecule has 11 aromatic carbocycles. The Morgan fingerprint density at radius 3 is 1.52 bits per heavy atom. The van der Waals surface area contributed by atoms with Crippen molar-refractivity contribution < 1.29 is 0 Å². The Morgan fingerprint density at radius 2 is 0.861 bits per heavy atom. The van der Waals surface area contributed by atoms with Crippen molar-refractivity contribution >= 4 is 54.4 Å². The minimum absolute atomic E-state index is 0.355. The predicted octanol–water partition coefficient (Wildman–Crippen LogP) is 20.4. The number of fused-ring (bicyclic) bond motifs is 9. The lowest BCUT2D eigenvalue weighted by molar-refractivity contribution is 0.648. The van der Waals surface area contributed by atoms with E-state index in [9.17, 15) is 0 Å². The topological polar surface area (TPSA) is 9.86 Å². The van der Waals surface area contributed by atoms with Crippen LogP contribution in [0.25, 0.3) is 100 Å². The molecule has 3 aliphatic rings. The number of nitrogens with zero attached hydrogens (tertiary/aromatic N) is 2. The van der Waals surface area contributed by atoms with E-state index in [1.165, 1.54) is 131 Å². The van der Waals surface area contributed by atoms with Gasteiger partial charge in [-0.1, -0.05) is 212 Å². The monoisotopic (exact) mass is 1020 g/mol. The summed E-state index contributed by atoms with van der Waals surface area (Å²) in [5.74, 6) is 0. The average Bonchev–Trinajstić information content (AvgIpc) is 3.89. The highest BCUT2D eigenvalue weighted by molar-refractivity contribution is 8.34. The molecule has 2 aromatic heterocycles. The lowest BCUT2D eigenvalue weighted by Crippen LogP contribution is -2.33. The van der Waals surface area contributed by atoms with Gasteiger partial charge < -0.3 is 9.13 Å². The van der Waals surface area contributed by atoms with Gasteiger partial charge in [0.2, 0.25) is 0 Å². The number of aromatic nitrogens is 2. The first kappa shape index (κ1) is 45.5. The van der Waals surface area contributed by atoms with E-state index in [0.29, 0.717) is 0 Å². The Labute approximate surface area is 462 Å². The van der Waals surface area contributed by atoms with Crippen molar-refractivity contribution in [1.29, 1.82) is 0 Å². The summed E-state index contributed by atoms with van der Waals surface area (Å²) >= 11 is 0. The normalized spacial score (nSPS) is 15.3. The van der Waals surface area contributed by atoms with E-state index in [0.717, 1.165) is 6.42 Å². The molecule has 0 saturated carbocycles. The van der Waals surface area contributed by atoms with Crippen molar-refractivity contribution in [3.8, 4) is 55.9 Å². The van der Waals surface area contributed by atoms with Gasteiger partial charge >= 0.3 is 0 Å². The summed E-state index contributed by atoms with van der Waals surface area (Å²) in [6.45, 7) is 0. The standard InChI is InChI=1S/C76H52N2S/c1-6-22-52(23-7-1)55-28-18-34-61(46-55)79(60-32-14-5-15-33-60,62-35-19-29-56(47-62)53-24-8-2-9-25-53)63-50-66(54-26-10-3-11-27-54)74-69(51-63)70-38-21-45-76(70)44-20-37-65-68-49-58(41-43-73(68)78(74)75(65)76)57-40-42-72-67(48-57)64-36-16-17-39-71(64)77(72)59-30-12-4-13-31-59/h1-43,45-51H,44H2. The van der Waals surface area contributed by atoms with Crippen LogP contribution in [0.5, 0.6) is 0 Å². The first-order valence-corrected chi connectivity index (χ1v) is 29.1. The minimum Gasteiger partial charge on any atom is -0.310 e. The molecule has 1 unspecified atom stereocenters. The fourth-order valence-corrected chi connectivity index (χ4v) is 17.5. The Morgan fingerprint density at radius 1 is 0.354 bits per heavy atom. The number of hydrogen-bond acceptors (Lipinski definition) is 0. The van der Waals surface area contributed by atoms with Crippen molar-refractivity contribution in [3.05, 3.63) is 314 Å². The maximum atomic E-state index is 2.68. The molecule has 1 aliphatic heterocycles. The van der Waals surface area contributed by atoms with Crippen LogP contribution in [0.1, 0.15) is 23.2 Å². The molecule has 0 amide bonds. The van der Waals surface area contributed by atoms with Gasteiger partial charge in [-0.15, -0.1) is 10.0 Å². The van der Waals surface area contributed by atoms with Gasteiger partial charge in [-0.05, 0) is 142 Å². The fraction of sp³-hybridized carbons (Fsp3) is 0.0263. The van der Waals surface area contributed by atoms with Crippen LogP contribution < -0.4 is 0 Å². The molecule has 3 heterocycles. The second-order valence-electron chi connectivity index (χ2n) is 21.2. The summed E-state index contributed by atoms with van der Waals surface area (Å²) < 4.78 is 5.07. The first-order valence-electron chi connectivity index (χ1n) is 27.4. The smallest absolute Gasteiger partial charge is 0.0614 e. The largest absolute Gasteiger partial charge is 0.310 e. The van der Waals surface area contributed by atoms with E-state index in [2.05, 4.69) is 313 Å². The number of benzene rings is 11. The molecule has 0 bridgehead atoms. The van der Waals surface area contributed by atoms with Crippen LogP contribution in [0.15, 0.2) is 317 Å². The van der Waals surface area contributed by atoms with E-state index >= 15 is 0 Å². The Hall–Kier alpha value is -9.67. The molecule has 16 rings (SSSR count). The van der Waals surface area contributed by atoms with Gasteiger partial charge in [-0.25, -0.2) is 0 Å². The molecule has 372 valence electrons. The Kier molecular flexibility index (Phi) is 10.3. The summed E-state index contributed by atoms with van der Waals surface area (Å²) in [6, 6.07) is 102. The summed E-state index contributed by atoms with van der Waals surface area (Å²) in [4.78, 5) is 5.17. The van der Waals surface area contributed by atoms with Crippen LogP contribution in [0.4, 0.5) is 0 Å². The summed E-state index contributed by atoms with van der Waals surface area (Å²) in [5, 5.41) is 3.78. The molecule has 2 aliphatic carbocycles. The zero-order valence-electron chi connectivity index (χ0n) is 43.4. The summed E-state index contributed by atoms with van der Waals surface area (Å²) in [6.07, 6.45) is 13.0. The molecule has 0 fully saturated rings. The maximum Gasteiger partial charge on any atom is 0.0614 e. The van der Waals surface area contributed by atoms with Crippen LogP contribution in [0, 0.1) is 0 Å². The van der Waals surface area contributed by atoms with E-state index in [1.807, 2.05) is 0 Å². The van der Waals surface area contributed by atoms with Crippen molar-refractivity contribution in [2.24, 2.45) is 0 Å². The first-order chi connectivity index (χ1) is 39.2. The van der Waals surface area contributed by atoms with Crippen LogP contribution in [0.3, 0.4) is 0 Å². The highest BCUT2D eigenvalue weighted by Gasteiger charge is 2.48. The van der Waals surface area contributed by atoms with Crippen LogP contribution in [-0.4, -0.2) is 9.13 Å². The molecule has 1 spiro atoms. The number of para-hydroxylation sites is 2. The van der Waals surface area contributed by atoms with Gasteiger partial charge in [0.1, 0.15) is 0 Å². The molecular weight excluding hydrogens is 973 g/mol. The van der Waals surface area contributed by atoms with Crippen LogP contribution in [0.2, 0.25) is 0 Å². The lowest BCUT2D eigenvalue weighted by Gasteiger charge is -2.45. The zero-order chi connectivity index (χ0) is 52.1. The van der Waals surface area contributed by atoms with Crippen molar-refractivity contribution in [1.82, 2.24) is 9.13 Å². The fourth-order valence-electron chi connectivity index (χ4n) is 13.6. The molecule has 13 aromatic rings. The second-order valence-corrected chi connectivity index (χ2v) is 24.3. The molecule has 1 atom stereocenters. The summed E-state index contributed by atoms with van der Waals surface area (Å²) in [7, 11) is -2.24. The van der Waals surface area contributed by atoms with Crippen molar-refractivity contribution in [2.75, 3.05) is 0 Å². The predicted molar refractivity (Wildman–Crippen MR) is 332 cm³/mol. The molecular formula is C76H52N2S. The molecule has 0 saturated heterocycles. The van der Waals surface area contributed by atoms with Gasteiger partial charge in [0.15, 0.2) is 0 Å². The van der Waals surface area contributed by atoms with Crippen molar-refractivity contribution in [2.45, 2.75) is 31.4 Å². The van der Waals surface area contributed by atoms with E-state index in [4.69, 9.17) is 0 Å². The third-order valence-electron chi connectivity index (χ3n) is 17.0. The third-order valence-corrected chi connectivity index (χ3v) is 20.9. The molecule has 79 heavy (non-hydrogen) atoms. The molecule has 0 radical (unpaired) electrons. The van der Waals surface area contributed by atoms with Gasteiger partial charge in [0.25, 0.3) is 0 Å². The lowest BCUT2D eigenvalue weighted by atomic mass is 9.68. The van der Waals surface area contributed by atoms with Gasteiger partial charge in [0.05, 0.1) is 27.7 Å². The minimum atomic E-state index is -2.24. The van der Waals surface area contributed by atoms with Crippen LogP contribution >= 0.6 is 10.0 Å². The molecule has 2 nitrogen and oxygen atoms in total. The van der Waals surface area contributed by atoms with Gasteiger partial charge in [-0.2, -0.15) is 0 Å². The van der Waals surface area contributed by atoms with E-state index < -0.39 is 10.0 Å². The zero-order valence-corrected chi connectivity index (χ0v) is 44.2. The highest BCUT2D eigenvalue weighted by atomic mass is 32.3. The number of hydrogen-bond donors (Lipinski definition) is 0. The second kappa shape index (κ2) is 18.0. The third kappa shape index (κ3) is 6.86.